The topological polar surface area (TPSA) is 55.6 Å². The summed E-state index contributed by atoms with van der Waals surface area (Å²) in [5.41, 5.74) is 5.54. The van der Waals surface area contributed by atoms with E-state index in [1.54, 1.807) is 6.07 Å². The zero-order chi connectivity index (χ0) is 14.0. The summed E-state index contributed by atoms with van der Waals surface area (Å²) in [6.45, 7) is 0.989. The van der Waals surface area contributed by atoms with E-state index < -0.39 is 11.9 Å². The van der Waals surface area contributed by atoms with Gasteiger partial charge in [0.1, 0.15) is 16.9 Å². The molecule has 0 aromatic heterocycles. The summed E-state index contributed by atoms with van der Waals surface area (Å²) in [5.74, 6) is -0.938. The Morgan fingerprint density at radius 2 is 2.32 bits per heavy atom. The first-order chi connectivity index (χ1) is 8.99. The smallest absolute Gasteiger partial charge is 0.257 e. The van der Waals surface area contributed by atoms with E-state index in [9.17, 15) is 9.18 Å². The Labute approximate surface area is 123 Å². The molecular formula is C12H12BrFN2O2S. The number of hydrogen-bond donors (Lipinski definition) is 1. The molecule has 0 saturated carbocycles. The predicted molar refractivity (Wildman–Crippen MR) is 76.5 cm³/mol. The van der Waals surface area contributed by atoms with Crippen molar-refractivity contribution < 1.29 is 13.9 Å². The van der Waals surface area contributed by atoms with Crippen LogP contribution in [0.2, 0.25) is 0 Å². The number of hydrogen-bond acceptors (Lipinski definition) is 3. The van der Waals surface area contributed by atoms with Gasteiger partial charge >= 0.3 is 0 Å². The quantitative estimate of drug-likeness (QED) is 0.828. The van der Waals surface area contributed by atoms with Crippen molar-refractivity contribution in [3.63, 3.8) is 0 Å². The summed E-state index contributed by atoms with van der Waals surface area (Å²) in [7, 11) is 0. The molecule has 1 unspecified atom stereocenters. The lowest BCUT2D eigenvalue weighted by atomic mass is 10.1. The first kappa shape index (κ1) is 14.4. The molecule has 1 saturated heterocycles. The van der Waals surface area contributed by atoms with Crippen LogP contribution in [-0.2, 0) is 4.74 Å². The minimum Gasteiger partial charge on any atom is -0.391 e. The van der Waals surface area contributed by atoms with Crippen LogP contribution >= 0.6 is 28.1 Å². The van der Waals surface area contributed by atoms with E-state index in [0.717, 1.165) is 0 Å². The van der Waals surface area contributed by atoms with E-state index >= 15 is 0 Å². The van der Waals surface area contributed by atoms with E-state index in [0.29, 0.717) is 17.6 Å². The molecule has 2 rings (SSSR count). The molecule has 102 valence electrons. The van der Waals surface area contributed by atoms with Crippen LogP contribution < -0.4 is 5.73 Å². The number of nitrogens with two attached hydrogens (primary N) is 1. The summed E-state index contributed by atoms with van der Waals surface area (Å²) in [5, 5.41) is 0. The highest BCUT2D eigenvalue weighted by atomic mass is 79.9. The van der Waals surface area contributed by atoms with E-state index in [-0.39, 0.29) is 23.0 Å². The molecule has 1 aliphatic heterocycles. The van der Waals surface area contributed by atoms with Gasteiger partial charge in [0.25, 0.3) is 5.91 Å². The number of rotatable bonds is 2. The number of carbonyl (C=O) groups is 1. The van der Waals surface area contributed by atoms with Gasteiger partial charge in [-0.15, -0.1) is 0 Å². The van der Waals surface area contributed by atoms with Gasteiger partial charge in [-0.1, -0.05) is 28.1 Å². The fourth-order valence-electron chi connectivity index (χ4n) is 1.84. The first-order valence-electron chi connectivity index (χ1n) is 5.64. The number of carbonyl (C=O) groups excluding carboxylic acids is 1. The van der Waals surface area contributed by atoms with Crippen LogP contribution in [0, 0.1) is 5.82 Å². The number of morpholine rings is 1. The van der Waals surface area contributed by atoms with E-state index in [1.165, 1.54) is 17.0 Å². The number of benzene rings is 1. The first-order valence-corrected chi connectivity index (χ1v) is 6.84. The van der Waals surface area contributed by atoms with Gasteiger partial charge < -0.3 is 15.4 Å². The van der Waals surface area contributed by atoms with Crippen molar-refractivity contribution in [2.75, 3.05) is 19.7 Å². The van der Waals surface area contributed by atoms with Crippen molar-refractivity contribution in [3.8, 4) is 0 Å². The van der Waals surface area contributed by atoms with Crippen LogP contribution in [0.4, 0.5) is 4.39 Å². The third kappa shape index (κ3) is 3.29. The molecule has 1 heterocycles. The Bertz CT molecular complexity index is 526. The molecule has 7 heteroatoms. The molecule has 1 atom stereocenters. The van der Waals surface area contributed by atoms with Crippen LogP contribution in [0.1, 0.15) is 10.4 Å². The molecule has 4 nitrogen and oxygen atoms in total. The zero-order valence-electron chi connectivity index (χ0n) is 9.94. The molecule has 2 N–H and O–H groups in total. The summed E-state index contributed by atoms with van der Waals surface area (Å²) >= 11 is 8.00. The number of thiocarbonyl (C=S) groups is 1. The molecule has 1 aromatic carbocycles. The Balaban J connectivity index is 2.17. The standard InChI is InChI=1S/C12H12BrFN2O2S/c13-7-1-2-8(9(14)5-7)12(17)16-3-4-18-10(6-16)11(15)19/h1-2,5,10H,3-4,6H2,(H2,15,19). The summed E-state index contributed by atoms with van der Waals surface area (Å²) in [6, 6.07) is 4.34. The number of nitrogens with zero attached hydrogens (tertiary/aromatic N) is 1. The van der Waals surface area contributed by atoms with E-state index in [1.807, 2.05) is 0 Å². The molecule has 19 heavy (non-hydrogen) atoms. The second-order valence-electron chi connectivity index (χ2n) is 4.14. The van der Waals surface area contributed by atoms with Gasteiger partial charge in [0.2, 0.25) is 0 Å². The SMILES string of the molecule is NC(=S)C1CN(C(=O)c2ccc(Br)cc2F)CCO1. The lowest BCUT2D eigenvalue weighted by Crippen LogP contribution is -2.50. The van der Waals surface area contributed by atoms with Crippen molar-refractivity contribution in [3.05, 3.63) is 34.1 Å². The van der Waals surface area contributed by atoms with Crippen LogP contribution in [0.5, 0.6) is 0 Å². The predicted octanol–water partition coefficient (Wildman–Crippen LogP) is 1.72. The maximum atomic E-state index is 13.8. The van der Waals surface area contributed by atoms with Crippen molar-refractivity contribution in [1.82, 2.24) is 4.90 Å². The molecule has 0 bridgehead atoms. The minimum atomic E-state index is -0.558. The molecule has 1 aromatic rings. The molecular weight excluding hydrogens is 335 g/mol. The lowest BCUT2D eigenvalue weighted by molar-refractivity contribution is 0.00856. The fraction of sp³-hybridized carbons (Fsp3) is 0.333. The minimum absolute atomic E-state index is 0.0341. The van der Waals surface area contributed by atoms with Crippen LogP contribution in [0.15, 0.2) is 22.7 Å². The molecule has 0 spiro atoms. The molecule has 1 amide bonds. The summed E-state index contributed by atoms with van der Waals surface area (Å²) in [6.07, 6.45) is -0.466. The van der Waals surface area contributed by atoms with Crippen molar-refractivity contribution in [2.24, 2.45) is 5.73 Å². The second kappa shape index (κ2) is 5.94. The lowest BCUT2D eigenvalue weighted by Gasteiger charge is -2.32. The highest BCUT2D eigenvalue weighted by molar-refractivity contribution is 9.10. The third-order valence-corrected chi connectivity index (χ3v) is 3.59. The number of amides is 1. The van der Waals surface area contributed by atoms with Crippen LogP contribution in [0.3, 0.4) is 0 Å². The molecule has 0 radical (unpaired) electrons. The van der Waals surface area contributed by atoms with Crippen molar-refractivity contribution in [2.45, 2.75) is 6.10 Å². The summed E-state index contributed by atoms with van der Waals surface area (Å²) in [4.78, 5) is 13.9. The molecule has 1 aliphatic rings. The van der Waals surface area contributed by atoms with Gasteiger partial charge in [-0.2, -0.15) is 0 Å². The van der Waals surface area contributed by atoms with E-state index in [2.05, 4.69) is 15.9 Å². The van der Waals surface area contributed by atoms with Gasteiger partial charge in [0.05, 0.1) is 18.7 Å². The Hall–Kier alpha value is -1.05. The maximum absolute atomic E-state index is 13.8. The van der Waals surface area contributed by atoms with Gasteiger partial charge in [-0.3, -0.25) is 4.79 Å². The zero-order valence-corrected chi connectivity index (χ0v) is 12.3. The highest BCUT2D eigenvalue weighted by Gasteiger charge is 2.27. The van der Waals surface area contributed by atoms with Gasteiger partial charge in [0.15, 0.2) is 0 Å². The monoisotopic (exact) mass is 346 g/mol. The Morgan fingerprint density at radius 1 is 1.58 bits per heavy atom. The molecule has 0 aliphatic carbocycles. The second-order valence-corrected chi connectivity index (χ2v) is 5.52. The average molecular weight is 347 g/mol. The van der Waals surface area contributed by atoms with Gasteiger partial charge in [-0.25, -0.2) is 4.39 Å². The Kier molecular flexibility index (Phi) is 4.49. The van der Waals surface area contributed by atoms with Crippen LogP contribution in [-0.4, -0.2) is 41.6 Å². The van der Waals surface area contributed by atoms with E-state index in [4.69, 9.17) is 22.7 Å². The van der Waals surface area contributed by atoms with Gasteiger partial charge in [0, 0.05) is 11.0 Å². The third-order valence-electron chi connectivity index (χ3n) is 2.83. The summed E-state index contributed by atoms with van der Waals surface area (Å²) < 4.78 is 19.7. The van der Waals surface area contributed by atoms with Crippen LogP contribution in [0.25, 0.3) is 0 Å². The van der Waals surface area contributed by atoms with Gasteiger partial charge in [-0.05, 0) is 18.2 Å². The largest absolute Gasteiger partial charge is 0.391 e. The molecule has 1 fully saturated rings. The van der Waals surface area contributed by atoms with Crippen molar-refractivity contribution in [1.29, 1.82) is 0 Å². The Morgan fingerprint density at radius 3 is 2.95 bits per heavy atom. The highest BCUT2D eigenvalue weighted by Crippen LogP contribution is 2.18. The number of ether oxygens (including phenoxy) is 1. The number of halogens is 2. The maximum Gasteiger partial charge on any atom is 0.257 e. The fourth-order valence-corrected chi connectivity index (χ4v) is 2.31. The van der Waals surface area contributed by atoms with Crippen molar-refractivity contribution >= 4 is 39.0 Å². The normalized spacial score (nSPS) is 19.3. The average Bonchev–Trinajstić information content (AvgIpc) is 2.38.